The molecule has 1 aliphatic rings. The molecule has 0 unspecified atom stereocenters. The molecule has 1 aliphatic carbocycles. The molecule has 0 aliphatic heterocycles. The highest BCUT2D eigenvalue weighted by Crippen LogP contribution is 2.28. The molecule has 1 amide bonds. The Balaban J connectivity index is 1.92. The monoisotopic (exact) mass is 239 g/mol. The van der Waals surface area contributed by atoms with E-state index in [1.807, 2.05) is 24.7 Å². The van der Waals surface area contributed by atoms with Crippen LogP contribution < -0.4 is 0 Å². The fraction of sp³-hybridized carbons (Fsp3) is 0.583. The minimum Gasteiger partial charge on any atom is -0.393 e. The first-order chi connectivity index (χ1) is 7.58. The van der Waals surface area contributed by atoms with Crippen molar-refractivity contribution >= 4 is 17.2 Å². The molecule has 0 spiro atoms. The SMILES string of the molecule is Cc1cscc1C(=O)N(C)CC1CC(O)C1. The van der Waals surface area contributed by atoms with E-state index in [9.17, 15) is 9.90 Å². The zero-order chi connectivity index (χ0) is 11.7. The topological polar surface area (TPSA) is 40.5 Å². The molecular formula is C12H17NO2S. The van der Waals surface area contributed by atoms with Crippen LogP contribution in [0.4, 0.5) is 0 Å². The third-order valence-electron chi connectivity index (χ3n) is 3.18. The van der Waals surface area contributed by atoms with E-state index in [0.717, 1.165) is 30.5 Å². The van der Waals surface area contributed by atoms with Gasteiger partial charge >= 0.3 is 0 Å². The van der Waals surface area contributed by atoms with Crippen LogP contribution in [0.25, 0.3) is 0 Å². The van der Waals surface area contributed by atoms with Gasteiger partial charge in [0.1, 0.15) is 0 Å². The summed E-state index contributed by atoms with van der Waals surface area (Å²) in [6.45, 7) is 2.72. The lowest BCUT2D eigenvalue weighted by Crippen LogP contribution is -2.39. The molecule has 0 radical (unpaired) electrons. The van der Waals surface area contributed by atoms with Gasteiger partial charge in [-0.3, -0.25) is 4.79 Å². The molecule has 1 saturated carbocycles. The summed E-state index contributed by atoms with van der Waals surface area (Å²) in [5.74, 6) is 0.572. The van der Waals surface area contributed by atoms with Crippen molar-refractivity contribution in [3.8, 4) is 0 Å². The van der Waals surface area contributed by atoms with Crippen molar-refractivity contribution in [3.63, 3.8) is 0 Å². The zero-order valence-electron chi connectivity index (χ0n) is 9.64. The molecule has 0 atom stereocenters. The first-order valence-electron chi connectivity index (χ1n) is 5.54. The van der Waals surface area contributed by atoms with Gasteiger partial charge in [0.15, 0.2) is 0 Å². The van der Waals surface area contributed by atoms with E-state index in [2.05, 4.69) is 0 Å². The van der Waals surface area contributed by atoms with Gasteiger partial charge in [0.05, 0.1) is 11.7 Å². The molecule has 1 N–H and O–H groups in total. The molecule has 3 nitrogen and oxygen atoms in total. The fourth-order valence-electron chi connectivity index (χ4n) is 2.11. The van der Waals surface area contributed by atoms with Crippen LogP contribution in [0.2, 0.25) is 0 Å². The van der Waals surface area contributed by atoms with Gasteiger partial charge in [-0.2, -0.15) is 11.3 Å². The number of nitrogens with zero attached hydrogens (tertiary/aromatic N) is 1. The van der Waals surface area contributed by atoms with Crippen LogP contribution in [0, 0.1) is 12.8 Å². The van der Waals surface area contributed by atoms with E-state index >= 15 is 0 Å². The molecule has 0 bridgehead atoms. The first kappa shape index (κ1) is 11.6. The molecule has 88 valence electrons. The molecule has 1 fully saturated rings. The van der Waals surface area contributed by atoms with Crippen molar-refractivity contribution in [1.82, 2.24) is 4.90 Å². The van der Waals surface area contributed by atoms with E-state index < -0.39 is 0 Å². The average molecular weight is 239 g/mol. The second-order valence-electron chi connectivity index (χ2n) is 4.65. The Morgan fingerprint density at radius 1 is 1.56 bits per heavy atom. The van der Waals surface area contributed by atoms with E-state index in [1.165, 1.54) is 0 Å². The number of carbonyl (C=O) groups excluding carboxylic acids is 1. The Hall–Kier alpha value is -0.870. The minimum absolute atomic E-state index is 0.0974. The Morgan fingerprint density at radius 2 is 2.25 bits per heavy atom. The standard InChI is InChI=1S/C12H17NO2S/c1-8-6-16-7-11(8)12(15)13(2)5-9-3-10(14)4-9/h6-7,9-10,14H,3-5H2,1-2H3. The maximum absolute atomic E-state index is 12.1. The van der Waals surface area contributed by atoms with Gasteiger partial charge in [-0.1, -0.05) is 0 Å². The average Bonchev–Trinajstić information content (AvgIpc) is 2.61. The van der Waals surface area contributed by atoms with Crippen molar-refractivity contribution in [2.24, 2.45) is 5.92 Å². The lowest BCUT2D eigenvalue weighted by atomic mass is 9.82. The summed E-state index contributed by atoms with van der Waals surface area (Å²) in [7, 11) is 1.84. The van der Waals surface area contributed by atoms with Gasteiger partial charge in [0.25, 0.3) is 5.91 Å². The highest BCUT2D eigenvalue weighted by atomic mass is 32.1. The largest absolute Gasteiger partial charge is 0.393 e. The zero-order valence-corrected chi connectivity index (χ0v) is 10.5. The van der Waals surface area contributed by atoms with Gasteiger partial charge in [0, 0.05) is 19.0 Å². The minimum atomic E-state index is -0.142. The Labute approximate surface area is 99.7 Å². The molecule has 0 aromatic carbocycles. The summed E-state index contributed by atoms with van der Waals surface area (Å²) in [4.78, 5) is 13.8. The molecular weight excluding hydrogens is 222 g/mol. The number of carbonyl (C=O) groups is 1. The summed E-state index contributed by atoms with van der Waals surface area (Å²) in [5.41, 5.74) is 1.86. The predicted molar refractivity (Wildman–Crippen MR) is 64.7 cm³/mol. The van der Waals surface area contributed by atoms with Gasteiger partial charge < -0.3 is 10.0 Å². The summed E-state index contributed by atoms with van der Waals surface area (Å²) in [6, 6.07) is 0. The molecule has 16 heavy (non-hydrogen) atoms. The van der Waals surface area contributed by atoms with Gasteiger partial charge in [-0.05, 0) is 36.6 Å². The van der Waals surface area contributed by atoms with Crippen molar-refractivity contribution in [2.45, 2.75) is 25.9 Å². The predicted octanol–water partition coefficient (Wildman–Crippen LogP) is 1.90. The third-order valence-corrected chi connectivity index (χ3v) is 4.04. The molecule has 1 aromatic rings. The van der Waals surface area contributed by atoms with Crippen LogP contribution >= 0.6 is 11.3 Å². The van der Waals surface area contributed by atoms with Gasteiger partial charge in [-0.15, -0.1) is 0 Å². The molecule has 0 saturated heterocycles. The van der Waals surface area contributed by atoms with Crippen molar-refractivity contribution in [2.75, 3.05) is 13.6 Å². The smallest absolute Gasteiger partial charge is 0.254 e. The molecule has 4 heteroatoms. The Bertz CT molecular complexity index is 382. The highest BCUT2D eigenvalue weighted by Gasteiger charge is 2.29. The lowest BCUT2D eigenvalue weighted by Gasteiger charge is -2.34. The summed E-state index contributed by atoms with van der Waals surface area (Å²) in [5, 5.41) is 13.1. The molecule has 1 aromatic heterocycles. The lowest BCUT2D eigenvalue weighted by molar-refractivity contribution is 0.0265. The molecule has 1 heterocycles. The Morgan fingerprint density at radius 3 is 2.75 bits per heavy atom. The second kappa shape index (κ2) is 4.55. The van der Waals surface area contributed by atoms with Crippen LogP contribution in [-0.2, 0) is 0 Å². The maximum Gasteiger partial charge on any atom is 0.254 e. The van der Waals surface area contributed by atoms with Crippen LogP contribution in [0.3, 0.4) is 0 Å². The van der Waals surface area contributed by atoms with Crippen LogP contribution in [0.15, 0.2) is 10.8 Å². The van der Waals surface area contributed by atoms with Crippen molar-refractivity contribution < 1.29 is 9.90 Å². The van der Waals surface area contributed by atoms with E-state index in [4.69, 9.17) is 0 Å². The van der Waals surface area contributed by atoms with E-state index in [0.29, 0.717) is 5.92 Å². The number of hydrogen-bond acceptors (Lipinski definition) is 3. The number of hydrogen-bond donors (Lipinski definition) is 1. The van der Waals surface area contributed by atoms with Gasteiger partial charge in [0.2, 0.25) is 0 Å². The fourth-order valence-corrected chi connectivity index (χ4v) is 2.93. The number of aliphatic hydroxyl groups excluding tert-OH is 1. The van der Waals surface area contributed by atoms with Crippen molar-refractivity contribution in [1.29, 1.82) is 0 Å². The number of rotatable bonds is 3. The van der Waals surface area contributed by atoms with E-state index in [1.54, 1.807) is 16.2 Å². The van der Waals surface area contributed by atoms with Gasteiger partial charge in [-0.25, -0.2) is 0 Å². The Kier molecular flexibility index (Phi) is 3.30. The van der Waals surface area contributed by atoms with Crippen LogP contribution in [0.5, 0.6) is 0 Å². The maximum atomic E-state index is 12.1. The summed E-state index contributed by atoms with van der Waals surface area (Å²) in [6.07, 6.45) is 1.52. The van der Waals surface area contributed by atoms with Crippen LogP contribution in [0.1, 0.15) is 28.8 Å². The first-order valence-corrected chi connectivity index (χ1v) is 6.48. The number of thiophene rings is 1. The molecule has 2 rings (SSSR count). The van der Waals surface area contributed by atoms with Crippen molar-refractivity contribution in [3.05, 3.63) is 21.9 Å². The highest BCUT2D eigenvalue weighted by molar-refractivity contribution is 7.08. The second-order valence-corrected chi connectivity index (χ2v) is 5.39. The number of aliphatic hydroxyl groups is 1. The van der Waals surface area contributed by atoms with Crippen LogP contribution in [-0.4, -0.2) is 35.6 Å². The summed E-state index contributed by atoms with van der Waals surface area (Å²) < 4.78 is 0. The normalized spacial score (nSPS) is 23.9. The van der Waals surface area contributed by atoms with E-state index in [-0.39, 0.29) is 12.0 Å². The summed E-state index contributed by atoms with van der Waals surface area (Å²) >= 11 is 1.56. The quantitative estimate of drug-likeness (QED) is 0.875. The number of aryl methyl sites for hydroxylation is 1. The third kappa shape index (κ3) is 2.28. The number of amides is 1.